The fourth-order valence-electron chi connectivity index (χ4n) is 3.43. The van der Waals surface area contributed by atoms with Crippen molar-refractivity contribution in [2.24, 2.45) is 0 Å². The van der Waals surface area contributed by atoms with E-state index in [2.05, 4.69) is 35.0 Å². The number of benzene rings is 2. The molecule has 0 radical (unpaired) electrons. The second-order valence-electron chi connectivity index (χ2n) is 6.29. The first kappa shape index (κ1) is 15.8. The highest BCUT2D eigenvalue weighted by atomic mass is 35.5. The predicted molar refractivity (Wildman–Crippen MR) is 100 cm³/mol. The van der Waals surface area contributed by atoms with Crippen molar-refractivity contribution < 1.29 is 5.32 Å². The number of halogens is 1. The van der Waals surface area contributed by atoms with E-state index in [-0.39, 0.29) is 0 Å². The van der Waals surface area contributed by atoms with Crippen LogP contribution in [-0.2, 0) is 13.0 Å². The average molecular weight is 356 g/mol. The summed E-state index contributed by atoms with van der Waals surface area (Å²) in [6, 6.07) is 17.3. The maximum absolute atomic E-state index is 5.96. The van der Waals surface area contributed by atoms with Gasteiger partial charge in [0.15, 0.2) is 0 Å². The van der Waals surface area contributed by atoms with Gasteiger partial charge in [0.05, 0.1) is 0 Å². The Balaban J connectivity index is 1.45. The lowest BCUT2D eigenvalue weighted by Gasteiger charge is -2.23. The van der Waals surface area contributed by atoms with E-state index in [1.807, 2.05) is 24.3 Å². The summed E-state index contributed by atoms with van der Waals surface area (Å²) in [5, 5.41) is 6.45. The molecular formula is C20H20ClN2S+. The van der Waals surface area contributed by atoms with Crippen LogP contribution >= 0.6 is 22.9 Å². The minimum Gasteiger partial charge on any atom is -0.335 e. The highest BCUT2D eigenvalue weighted by Crippen LogP contribution is 2.27. The van der Waals surface area contributed by atoms with Crippen molar-refractivity contribution in [1.29, 1.82) is 0 Å². The van der Waals surface area contributed by atoms with Gasteiger partial charge in [-0.15, -0.1) is 11.3 Å². The number of hydrogen-bond acceptors (Lipinski definition) is 2. The maximum atomic E-state index is 5.96. The summed E-state index contributed by atoms with van der Waals surface area (Å²) >= 11 is 7.67. The molecule has 1 atom stereocenters. The van der Waals surface area contributed by atoms with Crippen molar-refractivity contribution in [2.45, 2.75) is 31.8 Å². The maximum Gasteiger partial charge on any atom is 0.123 e. The van der Waals surface area contributed by atoms with E-state index in [0.717, 1.165) is 27.8 Å². The Morgan fingerprint density at radius 3 is 2.83 bits per heavy atom. The number of fused-ring (bicyclic) bond motifs is 1. The molecule has 0 bridgehead atoms. The third kappa shape index (κ3) is 3.39. The number of nitrogens with zero attached hydrogens (tertiary/aromatic N) is 1. The molecule has 1 aromatic heterocycles. The van der Waals surface area contributed by atoms with Gasteiger partial charge in [0.2, 0.25) is 0 Å². The first-order valence-electron chi connectivity index (χ1n) is 8.41. The van der Waals surface area contributed by atoms with Crippen molar-refractivity contribution in [3.8, 4) is 10.6 Å². The highest BCUT2D eigenvalue weighted by Gasteiger charge is 2.22. The Morgan fingerprint density at radius 2 is 1.96 bits per heavy atom. The molecule has 4 rings (SSSR count). The first-order valence-corrected chi connectivity index (χ1v) is 9.67. The Labute approximate surface area is 151 Å². The van der Waals surface area contributed by atoms with Crippen LogP contribution in [0, 0.1) is 0 Å². The van der Waals surface area contributed by atoms with Gasteiger partial charge < -0.3 is 5.32 Å². The smallest absolute Gasteiger partial charge is 0.123 e. The molecule has 0 saturated heterocycles. The zero-order valence-electron chi connectivity index (χ0n) is 13.4. The van der Waals surface area contributed by atoms with Gasteiger partial charge in [-0.05, 0) is 30.5 Å². The topological polar surface area (TPSA) is 29.5 Å². The molecule has 3 aromatic rings. The van der Waals surface area contributed by atoms with E-state index in [1.54, 1.807) is 11.3 Å². The molecule has 122 valence electrons. The number of thiazole rings is 1. The van der Waals surface area contributed by atoms with Crippen LogP contribution in [0.1, 0.15) is 35.7 Å². The standard InChI is InChI=1S/C20H19ClN2S/c21-16-10-8-15(9-11-16)20-23-17(13-24-20)12-22-19-7-3-5-14-4-1-2-6-18(14)19/h1-2,4,6,8-11,13,19,22H,3,5,7,12H2/p+1/t19-/m1/s1. The van der Waals surface area contributed by atoms with Gasteiger partial charge in [0, 0.05) is 28.0 Å². The molecule has 2 N–H and O–H groups in total. The third-order valence-corrected chi connectivity index (χ3v) is 5.86. The van der Waals surface area contributed by atoms with Gasteiger partial charge in [-0.25, -0.2) is 4.98 Å². The summed E-state index contributed by atoms with van der Waals surface area (Å²) < 4.78 is 0. The molecule has 0 spiro atoms. The van der Waals surface area contributed by atoms with E-state index in [9.17, 15) is 0 Å². The summed E-state index contributed by atoms with van der Waals surface area (Å²) in [7, 11) is 0. The van der Waals surface area contributed by atoms with Crippen molar-refractivity contribution >= 4 is 22.9 Å². The lowest BCUT2D eigenvalue weighted by atomic mass is 9.88. The SMILES string of the molecule is Clc1ccc(-c2nc(C[NH2+][C@@H]3CCCc4ccccc43)cs2)cc1. The Hall–Kier alpha value is -1.68. The number of nitrogens with two attached hydrogens (primary N) is 1. The fourth-order valence-corrected chi connectivity index (χ4v) is 4.39. The molecule has 4 heteroatoms. The average Bonchev–Trinajstić information content (AvgIpc) is 3.09. The first-order chi connectivity index (χ1) is 11.8. The summed E-state index contributed by atoms with van der Waals surface area (Å²) in [6.45, 7) is 0.934. The molecule has 0 saturated carbocycles. The molecule has 2 aromatic carbocycles. The third-order valence-electron chi connectivity index (χ3n) is 4.67. The van der Waals surface area contributed by atoms with Crippen LogP contribution in [-0.4, -0.2) is 4.98 Å². The quantitative estimate of drug-likeness (QED) is 0.727. The summed E-state index contributed by atoms with van der Waals surface area (Å²) in [4.78, 5) is 4.79. The Kier molecular flexibility index (Phi) is 4.65. The predicted octanol–water partition coefficient (Wildman–Crippen LogP) is 4.60. The zero-order chi connectivity index (χ0) is 16.4. The lowest BCUT2D eigenvalue weighted by Crippen LogP contribution is -2.84. The molecule has 1 aliphatic carbocycles. The highest BCUT2D eigenvalue weighted by molar-refractivity contribution is 7.13. The number of quaternary nitrogens is 1. The van der Waals surface area contributed by atoms with E-state index in [1.165, 1.54) is 30.4 Å². The van der Waals surface area contributed by atoms with E-state index in [0.29, 0.717) is 6.04 Å². The van der Waals surface area contributed by atoms with Gasteiger partial charge in [-0.3, -0.25) is 0 Å². The number of aryl methyl sites for hydroxylation is 1. The monoisotopic (exact) mass is 355 g/mol. The van der Waals surface area contributed by atoms with Crippen LogP contribution in [0.5, 0.6) is 0 Å². The fraction of sp³-hybridized carbons (Fsp3) is 0.250. The van der Waals surface area contributed by atoms with Crippen molar-refractivity contribution in [1.82, 2.24) is 4.98 Å². The second kappa shape index (κ2) is 7.06. The Morgan fingerprint density at radius 1 is 1.12 bits per heavy atom. The summed E-state index contributed by atoms with van der Waals surface area (Å²) in [5.74, 6) is 0. The second-order valence-corrected chi connectivity index (χ2v) is 7.58. The summed E-state index contributed by atoms with van der Waals surface area (Å²) in [6.07, 6.45) is 3.76. The lowest BCUT2D eigenvalue weighted by molar-refractivity contribution is -0.712. The molecular weight excluding hydrogens is 336 g/mol. The van der Waals surface area contributed by atoms with Crippen LogP contribution in [0.3, 0.4) is 0 Å². The summed E-state index contributed by atoms with van der Waals surface area (Å²) in [5.41, 5.74) is 5.33. The molecule has 2 nitrogen and oxygen atoms in total. The molecule has 0 amide bonds. The van der Waals surface area contributed by atoms with Gasteiger partial charge in [-0.2, -0.15) is 0 Å². The molecule has 0 unspecified atom stereocenters. The molecule has 1 heterocycles. The van der Waals surface area contributed by atoms with E-state index < -0.39 is 0 Å². The molecule has 24 heavy (non-hydrogen) atoms. The molecule has 0 aliphatic heterocycles. The van der Waals surface area contributed by atoms with Gasteiger partial charge >= 0.3 is 0 Å². The normalized spacial score (nSPS) is 16.8. The number of aromatic nitrogens is 1. The van der Waals surface area contributed by atoms with Crippen LogP contribution < -0.4 is 5.32 Å². The zero-order valence-corrected chi connectivity index (χ0v) is 15.0. The van der Waals surface area contributed by atoms with E-state index in [4.69, 9.17) is 16.6 Å². The molecule has 1 aliphatic rings. The van der Waals surface area contributed by atoms with Gasteiger partial charge in [0.25, 0.3) is 0 Å². The van der Waals surface area contributed by atoms with E-state index >= 15 is 0 Å². The minimum atomic E-state index is 0.565. The van der Waals surface area contributed by atoms with Crippen molar-refractivity contribution in [3.05, 3.63) is 75.8 Å². The van der Waals surface area contributed by atoms with Gasteiger partial charge in [0.1, 0.15) is 23.3 Å². The van der Waals surface area contributed by atoms with Crippen LogP contribution in [0.15, 0.2) is 53.9 Å². The van der Waals surface area contributed by atoms with Crippen molar-refractivity contribution in [3.63, 3.8) is 0 Å². The van der Waals surface area contributed by atoms with Crippen molar-refractivity contribution in [2.75, 3.05) is 0 Å². The minimum absolute atomic E-state index is 0.565. The largest absolute Gasteiger partial charge is 0.335 e. The van der Waals surface area contributed by atoms with Crippen LogP contribution in [0.25, 0.3) is 10.6 Å². The molecule has 0 fully saturated rings. The van der Waals surface area contributed by atoms with Gasteiger partial charge in [-0.1, -0.05) is 48.0 Å². The Bertz CT molecular complexity index is 826. The van der Waals surface area contributed by atoms with Crippen LogP contribution in [0.2, 0.25) is 5.02 Å². The van der Waals surface area contributed by atoms with Crippen LogP contribution in [0.4, 0.5) is 0 Å². The number of hydrogen-bond donors (Lipinski definition) is 1. The number of rotatable bonds is 4.